The highest BCUT2D eigenvalue weighted by molar-refractivity contribution is 9.10. The molecule has 0 bridgehead atoms. The van der Waals surface area contributed by atoms with Crippen LogP contribution in [0.2, 0.25) is 0 Å². The molecule has 1 heterocycles. The molecule has 0 saturated carbocycles. The Kier molecular flexibility index (Phi) is 6.38. The highest BCUT2D eigenvalue weighted by atomic mass is 79.9. The van der Waals surface area contributed by atoms with Crippen LogP contribution in [0.1, 0.15) is 40.7 Å². The van der Waals surface area contributed by atoms with E-state index in [-0.39, 0.29) is 17.4 Å². The van der Waals surface area contributed by atoms with Crippen LogP contribution in [0.3, 0.4) is 0 Å². The van der Waals surface area contributed by atoms with Crippen molar-refractivity contribution in [3.05, 3.63) is 98.5 Å². The fraction of sp³-hybridized carbons (Fsp3) is 0.154. The molecule has 1 atom stereocenters. The number of benzene rings is 3. The lowest BCUT2D eigenvalue weighted by Gasteiger charge is -2.13. The molecule has 1 unspecified atom stereocenters. The molecule has 0 spiro atoms. The first-order valence-electron chi connectivity index (χ1n) is 10.5. The second kappa shape index (κ2) is 9.39. The summed E-state index contributed by atoms with van der Waals surface area (Å²) in [4.78, 5) is 30.4. The van der Waals surface area contributed by atoms with Gasteiger partial charge in [-0.05, 0) is 66.9 Å². The minimum Gasteiger partial charge on any atom is -0.322 e. The van der Waals surface area contributed by atoms with Crippen molar-refractivity contribution < 1.29 is 4.79 Å². The van der Waals surface area contributed by atoms with Crippen LogP contribution >= 0.6 is 15.9 Å². The maximum Gasteiger partial charge on any atom is 0.265 e. The summed E-state index contributed by atoms with van der Waals surface area (Å²) in [5.74, 6) is -0.539. The van der Waals surface area contributed by atoms with Gasteiger partial charge in [-0.3, -0.25) is 14.2 Å². The second-order valence-corrected chi connectivity index (χ2v) is 8.67. The predicted molar refractivity (Wildman–Crippen MR) is 133 cm³/mol. The maximum atomic E-state index is 13.1. The molecule has 3 aromatic carbocycles. The molecule has 0 radical (unpaired) electrons. The average molecular weight is 501 g/mol. The van der Waals surface area contributed by atoms with Crippen LogP contribution in [0.4, 0.5) is 5.69 Å². The zero-order valence-corrected chi connectivity index (χ0v) is 19.8. The average Bonchev–Trinajstić information content (AvgIpc) is 2.82. The minimum absolute atomic E-state index is 0.192. The minimum atomic E-state index is -0.285. The van der Waals surface area contributed by atoms with Crippen LogP contribution in [0.25, 0.3) is 16.6 Å². The van der Waals surface area contributed by atoms with Crippen molar-refractivity contribution >= 4 is 38.4 Å². The molecule has 33 heavy (non-hydrogen) atoms. The summed E-state index contributed by atoms with van der Waals surface area (Å²) in [6.07, 6.45) is 2.18. The molecule has 0 aliphatic carbocycles. The Labute approximate surface area is 199 Å². The number of nitriles is 1. The van der Waals surface area contributed by atoms with Gasteiger partial charge in [0.05, 0.1) is 28.6 Å². The number of nitrogens with zero attached hydrogens (tertiary/aromatic N) is 3. The fourth-order valence-corrected chi connectivity index (χ4v) is 4.08. The highest BCUT2D eigenvalue weighted by Gasteiger charge is 2.14. The van der Waals surface area contributed by atoms with Crippen LogP contribution in [-0.2, 0) is 0 Å². The van der Waals surface area contributed by atoms with Gasteiger partial charge in [0.1, 0.15) is 6.33 Å². The van der Waals surface area contributed by atoms with Gasteiger partial charge in [0.15, 0.2) is 0 Å². The van der Waals surface area contributed by atoms with E-state index < -0.39 is 0 Å². The number of rotatable bonds is 5. The summed E-state index contributed by atoms with van der Waals surface area (Å²) in [5.41, 5.74) is 3.77. The second-order valence-electron chi connectivity index (χ2n) is 7.75. The van der Waals surface area contributed by atoms with Crippen molar-refractivity contribution in [1.29, 1.82) is 5.26 Å². The summed E-state index contributed by atoms with van der Waals surface area (Å²) < 4.78 is 2.28. The van der Waals surface area contributed by atoms with Crippen molar-refractivity contribution in [2.24, 2.45) is 0 Å². The van der Waals surface area contributed by atoms with E-state index in [2.05, 4.69) is 32.3 Å². The van der Waals surface area contributed by atoms with Crippen molar-refractivity contribution in [2.45, 2.75) is 26.2 Å². The lowest BCUT2D eigenvalue weighted by molar-refractivity contribution is 0.102. The Morgan fingerprint density at radius 2 is 2.00 bits per heavy atom. The molecule has 0 fully saturated rings. The van der Waals surface area contributed by atoms with Crippen LogP contribution in [0, 0.1) is 18.3 Å². The largest absolute Gasteiger partial charge is 0.322 e. The van der Waals surface area contributed by atoms with Crippen LogP contribution in [0.15, 0.2) is 76.3 Å². The van der Waals surface area contributed by atoms with E-state index in [1.54, 1.807) is 42.5 Å². The monoisotopic (exact) mass is 500 g/mol. The van der Waals surface area contributed by atoms with Gasteiger partial charge >= 0.3 is 0 Å². The van der Waals surface area contributed by atoms with Gasteiger partial charge in [0.2, 0.25) is 0 Å². The van der Waals surface area contributed by atoms with Crippen LogP contribution < -0.4 is 10.9 Å². The molecule has 0 aliphatic heterocycles. The fourth-order valence-electron chi connectivity index (χ4n) is 3.71. The lowest BCUT2D eigenvalue weighted by atomic mass is 9.96. The molecule has 7 heteroatoms. The summed E-state index contributed by atoms with van der Waals surface area (Å²) in [7, 11) is 0. The van der Waals surface area contributed by atoms with E-state index >= 15 is 0 Å². The standard InChI is InChI=1S/C26H21BrN4O2/c1-3-17(14-28)18-5-4-6-19(11-18)25(32)30-21-9-7-16(2)24(13-21)31-15-29-23-10-8-20(27)12-22(23)26(31)33/h4-13,15,17H,3H2,1-2H3,(H,30,32). The SMILES string of the molecule is CCC(C#N)c1cccc(C(=O)Nc2ccc(C)c(-n3cnc4ccc(Br)cc4c3=O)c2)c1. The molecule has 1 N–H and O–H groups in total. The molecular formula is C26H21BrN4O2. The number of anilines is 1. The third-order valence-electron chi connectivity index (χ3n) is 5.56. The number of fused-ring (bicyclic) bond motifs is 1. The Bertz CT molecular complexity index is 1470. The number of hydrogen-bond acceptors (Lipinski definition) is 4. The van der Waals surface area contributed by atoms with Crippen LogP contribution in [0.5, 0.6) is 0 Å². The normalized spacial score (nSPS) is 11.7. The van der Waals surface area contributed by atoms with Gasteiger partial charge in [-0.15, -0.1) is 0 Å². The highest BCUT2D eigenvalue weighted by Crippen LogP contribution is 2.23. The topological polar surface area (TPSA) is 87.8 Å². The van der Waals surface area contributed by atoms with Crippen molar-refractivity contribution in [1.82, 2.24) is 9.55 Å². The van der Waals surface area contributed by atoms with Gasteiger partial charge in [-0.25, -0.2) is 4.98 Å². The van der Waals surface area contributed by atoms with E-state index in [0.29, 0.717) is 34.3 Å². The molecule has 4 aromatic rings. The number of aromatic nitrogens is 2. The maximum absolute atomic E-state index is 13.1. The number of halogens is 1. The molecule has 1 amide bonds. The smallest absolute Gasteiger partial charge is 0.265 e. The summed E-state index contributed by atoms with van der Waals surface area (Å²) in [6.45, 7) is 3.84. The molecule has 1 aromatic heterocycles. The Hall–Kier alpha value is -3.76. The quantitative estimate of drug-likeness (QED) is 0.379. The Morgan fingerprint density at radius 1 is 1.18 bits per heavy atom. The molecular weight excluding hydrogens is 480 g/mol. The summed E-state index contributed by atoms with van der Waals surface area (Å²) >= 11 is 3.40. The first-order valence-corrected chi connectivity index (χ1v) is 11.3. The first-order chi connectivity index (χ1) is 15.9. The third-order valence-corrected chi connectivity index (χ3v) is 6.06. The molecule has 0 saturated heterocycles. The number of nitrogens with one attached hydrogen (secondary N) is 1. The summed E-state index contributed by atoms with van der Waals surface area (Å²) in [6, 6.07) is 20.1. The predicted octanol–water partition coefficient (Wildman–Crippen LogP) is 5.73. The Balaban J connectivity index is 1.68. The zero-order chi connectivity index (χ0) is 23.5. The van der Waals surface area contributed by atoms with Crippen molar-refractivity contribution in [3.8, 4) is 11.8 Å². The van der Waals surface area contributed by atoms with Crippen molar-refractivity contribution in [2.75, 3.05) is 5.32 Å². The van der Waals surface area contributed by atoms with Gasteiger partial charge < -0.3 is 5.32 Å². The van der Waals surface area contributed by atoms with Gasteiger partial charge in [0, 0.05) is 15.7 Å². The van der Waals surface area contributed by atoms with Crippen molar-refractivity contribution in [3.63, 3.8) is 0 Å². The van der Waals surface area contributed by atoms with E-state index in [4.69, 9.17) is 0 Å². The zero-order valence-electron chi connectivity index (χ0n) is 18.2. The number of carbonyl (C=O) groups excluding carboxylic acids is 1. The van der Waals surface area contributed by atoms with E-state index in [0.717, 1.165) is 15.6 Å². The molecule has 164 valence electrons. The number of aryl methyl sites for hydroxylation is 1. The van der Waals surface area contributed by atoms with Gasteiger partial charge in [-0.1, -0.05) is 41.1 Å². The number of amides is 1. The van der Waals surface area contributed by atoms with Gasteiger partial charge in [-0.2, -0.15) is 5.26 Å². The Morgan fingerprint density at radius 3 is 2.76 bits per heavy atom. The number of hydrogen-bond donors (Lipinski definition) is 1. The first kappa shape index (κ1) is 22.4. The van der Waals surface area contributed by atoms with E-state index in [1.165, 1.54) is 10.9 Å². The van der Waals surface area contributed by atoms with E-state index in [1.807, 2.05) is 32.0 Å². The number of carbonyl (C=O) groups is 1. The molecule has 6 nitrogen and oxygen atoms in total. The third kappa shape index (κ3) is 4.57. The molecule has 4 rings (SSSR count). The van der Waals surface area contributed by atoms with Crippen LogP contribution in [-0.4, -0.2) is 15.5 Å². The lowest BCUT2D eigenvalue weighted by Crippen LogP contribution is -2.20. The molecule has 0 aliphatic rings. The van der Waals surface area contributed by atoms with Gasteiger partial charge in [0.25, 0.3) is 11.5 Å². The summed E-state index contributed by atoms with van der Waals surface area (Å²) in [5, 5.41) is 12.7. The van der Waals surface area contributed by atoms with E-state index in [9.17, 15) is 14.9 Å².